The smallest absolute Gasteiger partial charge is 0.248 e. The van der Waals surface area contributed by atoms with Gasteiger partial charge >= 0.3 is 0 Å². The SMILES string of the molecule is N=C(N)C(c1ccc(Cl)cc1)C1CCC(F)(F)C1. The molecule has 18 heavy (non-hydrogen) atoms. The lowest BCUT2D eigenvalue weighted by molar-refractivity contribution is 0.00469. The molecule has 2 nitrogen and oxygen atoms in total. The molecule has 2 atom stereocenters. The van der Waals surface area contributed by atoms with Crippen LogP contribution in [0.2, 0.25) is 5.02 Å². The van der Waals surface area contributed by atoms with Crippen LogP contribution in [0.4, 0.5) is 8.78 Å². The minimum absolute atomic E-state index is 0.0555. The summed E-state index contributed by atoms with van der Waals surface area (Å²) in [5.74, 6) is -3.38. The maximum absolute atomic E-state index is 13.3. The molecule has 0 aromatic heterocycles. The third kappa shape index (κ3) is 2.80. The van der Waals surface area contributed by atoms with Gasteiger partial charge in [0.25, 0.3) is 0 Å². The van der Waals surface area contributed by atoms with Gasteiger partial charge < -0.3 is 5.73 Å². The molecular weight excluding hydrogens is 258 g/mol. The highest BCUT2D eigenvalue weighted by Gasteiger charge is 2.43. The van der Waals surface area contributed by atoms with Crippen LogP contribution in [0, 0.1) is 11.3 Å². The molecule has 1 aliphatic rings. The number of alkyl halides is 2. The molecule has 1 aliphatic carbocycles. The fourth-order valence-electron chi connectivity index (χ4n) is 2.64. The van der Waals surface area contributed by atoms with Gasteiger partial charge in [0.2, 0.25) is 5.92 Å². The van der Waals surface area contributed by atoms with Crippen molar-refractivity contribution in [1.29, 1.82) is 5.41 Å². The Balaban J connectivity index is 2.24. The van der Waals surface area contributed by atoms with Gasteiger partial charge in [-0.15, -0.1) is 0 Å². The second-order valence-electron chi connectivity index (χ2n) is 4.84. The predicted molar refractivity (Wildman–Crippen MR) is 68.4 cm³/mol. The van der Waals surface area contributed by atoms with Crippen LogP contribution >= 0.6 is 11.6 Å². The number of nitrogens with two attached hydrogens (primary N) is 1. The van der Waals surface area contributed by atoms with Crippen LogP contribution in [0.15, 0.2) is 24.3 Å². The summed E-state index contributed by atoms with van der Waals surface area (Å²) in [5, 5.41) is 8.22. The zero-order chi connectivity index (χ0) is 13.3. The van der Waals surface area contributed by atoms with Crippen LogP contribution in [0.25, 0.3) is 0 Å². The number of benzene rings is 1. The number of nitrogens with one attached hydrogen (secondary N) is 1. The molecule has 0 saturated heterocycles. The van der Waals surface area contributed by atoms with E-state index in [2.05, 4.69) is 0 Å². The Hall–Kier alpha value is -1.16. The average molecular weight is 273 g/mol. The van der Waals surface area contributed by atoms with Crippen LogP contribution in [-0.4, -0.2) is 11.8 Å². The Morgan fingerprint density at radius 2 is 2.00 bits per heavy atom. The van der Waals surface area contributed by atoms with E-state index in [0.29, 0.717) is 11.4 Å². The fraction of sp³-hybridized carbons (Fsp3) is 0.462. The first-order valence-corrected chi connectivity index (χ1v) is 6.24. The number of hydrogen-bond donors (Lipinski definition) is 2. The Kier molecular flexibility index (Phi) is 3.57. The first-order chi connectivity index (χ1) is 8.39. The van der Waals surface area contributed by atoms with E-state index in [-0.39, 0.29) is 24.6 Å². The van der Waals surface area contributed by atoms with Gasteiger partial charge in [0.1, 0.15) is 0 Å². The number of hydrogen-bond acceptors (Lipinski definition) is 1. The van der Waals surface area contributed by atoms with Gasteiger partial charge in [0.05, 0.1) is 5.84 Å². The molecule has 5 heteroatoms. The highest BCUT2D eigenvalue weighted by molar-refractivity contribution is 6.30. The first-order valence-electron chi connectivity index (χ1n) is 5.86. The molecule has 2 rings (SSSR count). The molecule has 0 spiro atoms. The molecule has 0 amide bonds. The Morgan fingerprint density at radius 1 is 1.39 bits per heavy atom. The van der Waals surface area contributed by atoms with E-state index < -0.39 is 11.8 Å². The summed E-state index contributed by atoms with van der Waals surface area (Å²) in [7, 11) is 0. The summed E-state index contributed by atoms with van der Waals surface area (Å²) in [5.41, 5.74) is 6.37. The first kappa shape index (κ1) is 13.3. The third-order valence-electron chi connectivity index (χ3n) is 3.48. The van der Waals surface area contributed by atoms with Crippen molar-refractivity contribution in [1.82, 2.24) is 0 Å². The van der Waals surface area contributed by atoms with Crippen molar-refractivity contribution in [2.75, 3.05) is 0 Å². The molecule has 1 aromatic rings. The number of rotatable bonds is 3. The van der Waals surface area contributed by atoms with Crippen LogP contribution < -0.4 is 5.73 Å². The lowest BCUT2D eigenvalue weighted by atomic mass is 9.84. The van der Waals surface area contributed by atoms with Gasteiger partial charge in [0, 0.05) is 23.8 Å². The second-order valence-corrected chi connectivity index (χ2v) is 5.28. The van der Waals surface area contributed by atoms with Crippen LogP contribution in [0.5, 0.6) is 0 Å². The Bertz CT molecular complexity index is 445. The van der Waals surface area contributed by atoms with Gasteiger partial charge in [-0.05, 0) is 30.0 Å². The normalized spacial score (nSPS) is 23.8. The standard InChI is InChI=1S/C13H15ClF2N2/c14-10-3-1-8(2-4-10)11(12(17)18)9-5-6-13(15,16)7-9/h1-4,9,11H,5-7H2,(H3,17,18). The quantitative estimate of drug-likeness (QED) is 0.638. The maximum Gasteiger partial charge on any atom is 0.248 e. The van der Waals surface area contributed by atoms with E-state index in [1.165, 1.54) is 0 Å². The van der Waals surface area contributed by atoms with Crippen molar-refractivity contribution in [2.24, 2.45) is 11.7 Å². The summed E-state index contributed by atoms with van der Waals surface area (Å²) < 4.78 is 26.5. The largest absolute Gasteiger partial charge is 0.387 e. The molecule has 1 aromatic carbocycles. The molecule has 2 unspecified atom stereocenters. The summed E-state index contributed by atoms with van der Waals surface area (Å²) in [6, 6.07) is 6.90. The average Bonchev–Trinajstić information content (AvgIpc) is 2.61. The molecule has 0 radical (unpaired) electrons. The Morgan fingerprint density at radius 3 is 2.44 bits per heavy atom. The lowest BCUT2D eigenvalue weighted by Gasteiger charge is -2.22. The molecule has 1 fully saturated rings. The van der Waals surface area contributed by atoms with Gasteiger partial charge in [-0.25, -0.2) is 8.78 Å². The summed E-state index contributed by atoms with van der Waals surface area (Å²) in [6.07, 6.45) is 0.0920. The van der Waals surface area contributed by atoms with E-state index in [4.69, 9.17) is 22.7 Å². The van der Waals surface area contributed by atoms with Crippen LogP contribution in [0.1, 0.15) is 30.7 Å². The minimum atomic E-state index is -2.62. The fourth-order valence-corrected chi connectivity index (χ4v) is 2.77. The second kappa shape index (κ2) is 4.84. The highest BCUT2D eigenvalue weighted by atomic mass is 35.5. The van der Waals surface area contributed by atoms with Gasteiger partial charge in [-0.1, -0.05) is 23.7 Å². The van der Waals surface area contributed by atoms with Gasteiger partial charge in [-0.3, -0.25) is 5.41 Å². The van der Waals surface area contributed by atoms with E-state index in [0.717, 1.165) is 5.56 Å². The molecular formula is C13H15ClF2N2. The van der Waals surface area contributed by atoms with Gasteiger partial charge in [0.15, 0.2) is 0 Å². The third-order valence-corrected chi connectivity index (χ3v) is 3.73. The number of halogens is 3. The topological polar surface area (TPSA) is 49.9 Å². The van der Waals surface area contributed by atoms with Crippen molar-refractivity contribution in [3.63, 3.8) is 0 Å². The molecule has 1 saturated carbocycles. The summed E-state index contributed by atoms with van der Waals surface area (Å²) >= 11 is 5.80. The van der Waals surface area contributed by atoms with Crippen molar-refractivity contribution in [3.05, 3.63) is 34.9 Å². The number of amidine groups is 1. The van der Waals surface area contributed by atoms with Gasteiger partial charge in [-0.2, -0.15) is 0 Å². The van der Waals surface area contributed by atoms with Crippen molar-refractivity contribution < 1.29 is 8.78 Å². The van der Waals surface area contributed by atoms with E-state index >= 15 is 0 Å². The molecule has 0 heterocycles. The summed E-state index contributed by atoms with van der Waals surface area (Å²) in [4.78, 5) is 0. The molecule has 0 aliphatic heterocycles. The van der Waals surface area contributed by atoms with E-state index in [9.17, 15) is 8.78 Å². The minimum Gasteiger partial charge on any atom is -0.387 e. The van der Waals surface area contributed by atoms with E-state index in [1.807, 2.05) is 0 Å². The molecule has 98 valence electrons. The lowest BCUT2D eigenvalue weighted by Crippen LogP contribution is -2.27. The zero-order valence-electron chi connectivity index (χ0n) is 9.80. The van der Waals surface area contributed by atoms with Crippen molar-refractivity contribution in [3.8, 4) is 0 Å². The maximum atomic E-state index is 13.3. The Labute approximate surface area is 110 Å². The molecule has 3 N–H and O–H groups in total. The van der Waals surface area contributed by atoms with Crippen molar-refractivity contribution >= 4 is 17.4 Å². The summed E-state index contributed by atoms with van der Waals surface area (Å²) in [6.45, 7) is 0. The van der Waals surface area contributed by atoms with Crippen molar-refractivity contribution in [2.45, 2.75) is 31.1 Å². The highest BCUT2D eigenvalue weighted by Crippen LogP contribution is 2.45. The molecule has 0 bridgehead atoms. The zero-order valence-corrected chi connectivity index (χ0v) is 10.6. The van der Waals surface area contributed by atoms with E-state index in [1.54, 1.807) is 24.3 Å². The monoisotopic (exact) mass is 272 g/mol. The predicted octanol–water partition coefficient (Wildman–Crippen LogP) is 3.79. The van der Waals surface area contributed by atoms with Crippen LogP contribution in [0.3, 0.4) is 0 Å². The van der Waals surface area contributed by atoms with Crippen LogP contribution in [-0.2, 0) is 0 Å².